The molecule has 1 saturated heterocycles. The van der Waals surface area contributed by atoms with E-state index in [4.69, 9.17) is 4.74 Å². The van der Waals surface area contributed by atoms with Crippen molar-refractivity contribution in [2.24, 2.45) is 0 Å². The fourth-order valence-electron chi connectivity index (χ4n) is 2.40. The largest absolute Gasteiger partial charge is 0.450 e. The van der Waals surface area contributed by atoms with E-state index >= 15 is 0 Å². The molecule has 2 heterocycles. The lowest BCUT2D eigenvalue weighted by atomic mass is 10.3. The molecule has 0 unspecified atom stereocenters. The minimum atomic E-state index is -0.470. The Morgan fingerprint density at radius 1 is 1.35 bits per heavy atom. The van der Waals surface area contributed by atoms with Crippen molar-refractivity contribution in [3.8, 4) is 0 Å². The summed E-state index contributed by atoms with van der Waals surface area (Å²) in [5, 5.41) is 11.4. The quantitative estimate of drug-likeness (QED) is 0.589. The first kappa shape index (κ1) is 16.7. The van der Waals surface area contributed by atoms with Gasteiger partial charge in [0.2, 0.25) is 11.6 Å². The van der Waals surface area contributed by atoms with Crippen LogP contribution in [-0.4, -0.2) is 72.8 Å². The van der Waals surface area contributed by atoms with E-state index in [0.29, 0.717) is 32.8 Å². The van der Waals surface area contributed by atoms with Gasteiger partial charge in [-0.2, -0.15) is 0 Å². The summed E-state index contributed by atoms with van der Waals surface area (Å²) in [5.41, 5.74) is -0.123. The van der Waals surface area contributed by atoms with Crippen LogP contribution in [0.3, 0.4) is 0 Å². The van der Waals surface area contributed by atoms with Gasteiger partial charge in [-0.15, -0.1) is 0 Å². The minimum Gasteiger partial charge on any atom is -0.450 e. The van der Waals surface area contributed by atoms with Crippen molar-refractivity contribution >= 4 is 23.4 Å². The lowest BCUT2D eigenvalue weighted by molar-refractivity contribution is -0.383. The standard InChI is InChI=1S/C13H20N6O4/c1-4-23-13(20)18-7-5-17(6-8-18)12-10(19(21)22)11(16(2)3)14-9-15-12/h9H,4-8H2,1-3H3. The van der Waals surface area contributed by atoms with Gasteiger partial charge in [0.25, 0.3) is 0 Å². The van der Waals surface area contributed by atoms with Gasteiger partial charge < -0.3 is 19.4 Å². The van der Waals surface area contributed by atoms with Gasteiger partial charge in [-0.3, -0.25) is 10.1 Å². The molecular weight excluding hydrogens is 304 g/mol. The summed E-state index contributed by atoms with van der Waals surface area (Å²) in [7, 11) is 3.38. The number of hydrogen-bond donors (Lipinski definition) is 0. The van der Waals surface area contributed by atoms with E-state index in [1.165, 1.54) is 6.33 Å². The van der Waals surface area contributed by atoms with Crippen LogP contribution in [0.2, 0.25) is 0 Å². The molecule has 1 aromatic rings. The molecule has 2 rings (SSSR count). The number of nitro groups is 1. The zero-order valence-electron chi connectivity index (χ0n) is 13.4. The Morgan fingerprint density at radius 3 is 2.52 bits per heavy atom. The molecule has 1 amide bonds. The first-order chi connectivity index (χ1) is 11.0. The molecular formula is C13H20N6O4. The minimum absolute atomic E-state index is 0.123. The molecule has 1 aromatic heterocycles. The van der Waals surface area contributed by atoms with Crippen molar-refractivity contribution in [2.45, 2.75) is 6.92 Å². The summed E-state index contributed by atoms with van der Waals surface area (Å²) < 4.78 is 4.96. The Bertz CT molecular complexity index is 586. The van der Waals surface area contributed by atoms with E-state index in [2.05, 4.69) is 9.97 Å². The van der Waals surface area contributed by atoms with Gasteiger partial charge in [-0.05, 0) is 6.92 Å². The number of ether oxygens (including phenoxy) is 1. The summed E-state index contributed by atoms with van der Waals surface area (Å²) in [5.74, 6) is 0.532. The molecule has 10 nitrogen and oxygen atoms in total. The Hall–Kier alpha value is -2.65. The van der Waals surface area contributed by atoms with Crippen LogP contribution in [0.25, 0.3) is 0 Å². The second-order valence-electron chi connectivity index (χ2n) is 5.19. The summed E-state index contributed by atoms with van der Waals surface area (Å²) >= 11 is 0. The van der Waals surface area contributed by atoms with E-state index in [1.807, 2.05) is 0 Å². The third kappa shape index (κ3) is 3.58. The second kappa shape index (κ2) is 7.07. The fraction of sp³-hybridized carbons (Fsp3) is 0.615. The number of rotatable bonds is 4. The number of carbonyl (C=O) groups is 1. The molecule has 0 saturated carbocycles. The highest BCUT2D eigenvalue weighted by Crippen LogP contribution is 2.33. The van der Waals surface area contributed by atoms with E-state index in [0.717, 1.165) is 0 Å². The number of carbonyl (C=O) groups excluding carboxylic acids is 1. The van der Waals surface area contributed by atoms with Crippen LogP contribution in [0, 0.1) is 10.1 Å². The fourth-order valence-corrected chi connectivity index (χ4v) is 2.40. The van der Waals surface area contributed by atoms with E-state index in [1.54, 1.807) is 35.7 Å². The Balaban J connectivity index is 2.19. The summed E-state index contributed by atoms with van der Waals surface area (Å²) in [6.07, 6.45) is 0.952. The predicted molar refractivity (Wildman–Crippen MR) is 83.8 cm³/mol. The normalized spacial score (nSPS) is 14.6. The SMILES string of the molecule is CCOC(=O)N1CCN(c2ncnc(N(C)C)c2[N+](=O)[O-])CC1. The van der Waals surface area contributed by atoms with Gasteiger partial charge in [0, 0.05) is 40.3 Å². The summed E-state index contributed by atoms with van der Waals surface area (Å²) in [4.78, 5) is 35.7. The third-order valence-electron chi connectivity index (χ3n) is 3.50. The van der Waals surface area contributed by atoms with Crippen molar-refractivity contribution in [3.05, 3.63) is 16.4 Å². The maximum Gasteiger partial charge on any atom is 0.409 e. The molecule has 10 heteroatoms. The van der Waals surface area contributed by atoms with Crippen LogP contribution in [-0.2, 0) is 4.74 Å². The lowest BCUT2D eigenvalue weighted by Crippen LogP contribution is -2.49. The molecule has 0 aromatic carbocycles. The van der Waals surface area contributed by atoms with Gasteiger partial charge >= 0.3 is 11.8 Å². The van der Waals surface area contributed by atoms with Gasteiger partial charge in [-0.1, -0.05) is 0 Å². The molecule has 0 aliphatic carbocycles. The van der Waals surface area contributed by atoms with Crippen LogP contribution in [0.4, 0.5) is 22.1 Å². The zero-order valence-corrected chi connectivity index (χ0v) is 13.4. The summed E-state index contributed by atoms with van der Waals surface area (Å²) in [6.45, 7) is 3.82. The molecule has 126 valence electrons. The lowest BCUT2D eigenvalue weighted by Gasteiger charge is -2.34. The van der Waals surface area contributed by atoms with Crippen molar-refractivity contribution in [3.63, 3.8) is 0 Å². The van der Waals surface area contributed by atoms with E-state index < -0.39 is 4.92 Å². The highest BCUT2D eigenvalue weighted by molar-refractivity contribution is 5.72. The van der Waals surface area contributed by atoms with Crippen molar-refractivity contribution in [2.75, 3.05) is 56.7 Å². The average molecular weight is 324 g/mol. The number of nitrogens with zero attached hydrogens (tertiary/aromatic N) is 6. The van der Waals surface area contributed by atoms with Crippen LogP contribution in [0.5, 0.6) is 0 Å². The second-order valence-corrected chi connectivity index (χ2v) is 5.19. The maximum absolute atomic E-state index is 11.7. The first-order valence-corrected chi connectivity index (χ1v) is 7.29. The third-order valence-corrected chi connectivity index (χ3v) is 3.50. The predicted octanol–water partition coefficient (Wildman–Crippen LogP) is 0.729. The van der Waals surface area contributed by atoms with Gasteiger partial charge in [0.15, 0.2) is 0 Å². The van der Waals surface area contributed by atoms with E-state index in [9.17, 15) is 14.9 Å². The van der Waals surface area contributed by atoms with Crippen LogP contribution in [0.1, 0.15) is 6.92 Å². The topological polar surface area (TPSA) is 105 Å². The number of anilines is 2. The molecule has 0 atom stereocenters. The maximum atomic E-state index is 11.7. The molecule has 0 spiro atoms. The highest BCUT2D eigenvalue weighted by atomic mass is 16.6. The molecule has 1 aliphatic heterocycles. The average Bonchev–Trinajstić information content (AvgIpc) is 2.54. The molecule has 0 N–H and O–H groups in total. The van der Waals surface area contributed by atoms with Gasteiger partial charge in [-0.25, -0.2) is 14.8 Å². The Kier molecular flexibility index (Phi) is 5.14. The van der Waals surface area contributed by atoms with Crippen LogP contribution in [0.15, 0.2) is 6.33 Å². The Labute approximate surface area is 133 Å². The van der Waals surface area contributed by atoms with Crippen LogP contribution >= 0.6 is 0 Å². The smallest absolute Gasteiger partial charge is 0.409 e. The molecule has 1 aliphatic rings. The van der Waals surface area contributed by atoms with Crippen molar-refractivity contribution in [1.29, 1.82) is 0 Å². The molecule has 0 bridgehead atoms. The summed E-state index contributed by atoms with van der Waals surface area (Å²) in [6, 6.07) is 0. The van der Waals surface area contributed by atoms with Crippen molar-refractivity contribution in [1.82, 2.24) is 14.9 Å². The van der Waals surface area contributed by atoms with Gasteiger partial charge in [0.05, 0.1) is 11.5 Å². The number of piperazine rings is 1. The Morgan fingerprint density at radius 2 is 2.00 bits per heavy atom. The first-order valence-electron chi connectivity index (χ1n) is 7.29. The highest BCUT2D eigenvalue weighted by Gasteiger charge is 2.31. The zero-order chi connectivity index (χ0) is 17.0. The molecule has 0 radical (unpaired) electrons. The number of aromatic nitrogens is 2. The molecule has 1 fully saturated rings. The van der Waals surface area contributed by atoms with E-state index in [-0.39, 0.29) is 23.4 Å². The van der Waals surface area contributed by atoms with Gasteiger partial charge in [0.1, 0.15) is 6.33 Å². The number of amides is 1. The van der Waals surface area contributed by atoms with Crippen LogP contribution < -0.4 is 9.80 Å². The molecule has 23 heavy (non-hydrogen) atoms. The number of hydrogen-bond acceptors (Lipinski definition) is 8. The van der Waals surface area contributed by atoms with Crippen molar-refractivity contribution < 1.29 is 14.5 Å². The monoisotopic (exact) mass is 324 g/mol.